The molecular formula is C16H32N2. The SMILES string of the molecule is CCNC1CCCCC1N1CCC(C)(CC)CC1. The van der Waals surface area contributed by atoms with Crippen molar-refractivity contribution < 1.29 is 0 Å². The molecule has 1 N–H and O–H groups in total. The topological polar surface area (TPSA) is 15.3 Å². The number of likely N-dealkylation sites (N-methyl/N-ethyl adjacent to an activating group) is 1. The molecule has 2 aliphatic rings. The summed E-state index contributed by atoms with van der Waals surface area (Å²) in [5, 5.41) is 3.72. The van der Waals surface area contributed by atoms with E-state index >= 15 is 0 Å². The van der Waals surface area contributed by atoms with Crippen LogP contribution in [0.2, 0.25) is 0 Å². The molecule has 0 aromatic heterocycles. The van der Waals surface area contributed by atoms with Crippen LogP contribution in [0.1, 0.15) is 65.7 Å². The third-order valence-electron chi connectivity index (χ3n) is 5.52. The van der Waals surface area contributed by atoms with Gasteiger partial charge in [0.2, 0.25) is 0 Å². The first kappa shape index (κ1) is 14.3. The first-order valence-electron chi connectivity index (χ1n) is 8.16. The molecule has 0 spiro atoms. The Morgan fingerprint density at radius 2 is 1.78 bits per heavy atom. The van der Waals surface area contributed by atoms with Gasteiger partial charge in [0.1, 0.15) is 0 Å². The summed E-state index contributed by atoms with van der Waals surface area (Å²) in [6.45, 7) is 10.9. The standard InChI is InChI=1S/C16H32N2/c1-4-16(3)10-12-18(13-11-16)15-9-7-6-8-14(15)17-5-2/h14-15,17H,4-13H2,1-3H3. The fourth-order valence-electron chi connectivity index (χ4n) is 3.80. The van der Waals surface area contributed by atoms with Crippen LogP contribution in [0.25, 0.3) is 0 Å². The van der Waals surface area contributed by atoms with Crippen molar-refractivity contribution in [2.75, 3.05) is 19.6 Å². The van der Waals surface area contributed by atoms with E-state index in [1.165, 1.54) is 58.0 Å². The third kappa shape index (κ3) is 3.27. The van der Waals surface area contributed by atoms with Gasteiger partial charge in [-0.2, -0.15) is 0 Å². The molecular weight excluding hydrogens is 220 g/mol. The van der Waals surface area contributed by atoms with Gasteiger partial charge in [-0.3, -0.25) is 4.90 Å². The van der Waals surface area contributed by atoms with Crippen LogP contribution in [0.4, 0.5) is 0 Å². The molecule has 18 heavy (non-hydrogen) atoms. The third-order valence-corrected chi connectivity index (χ3v) is 5.52. The Bertz CT molecular complexity index is 241. The van der Waals surface area contributed by atoms with Crippen LogP contribution in [0, 0.1) is 5.41 Å². The first-order chi connectivity index (χ1) is 8.68. The molecule has 2 rings (SSSR count). The van der Waals surface area contributed by atoms with Crippen molar-refractivity contribution in [1.82, 2.24) is 10.2 Å². The van der Waals surface area contributed by atoms with E-state index in [1.54, 1.807) is 0 Å². The number of rotatable bonds is 4. The van der Waals surface area contributed by atoms with Crippen molar-refractivity contribution in [3.8, 4) is 0 Å². The van der Waals surface area contributed by atoms with Crippen molar-refractivity contribution in [3.63, 3.8) is 0 Å². The van der Waals surface area contributed by atoms with Crippen molar-refractivity contribution in [2.24, 2.45) is 5.41 Å². The number of piperidine rings is 1. The molecule has 106 valence electrons. The van der Waals surface area contributed by atoms with Crippen LogP contribution < -0.4 is 5.32 Å². The minimum absolute atomic E-state index is 0.624. The van der Waals surface area contributed by atoms with Crippen LogP contribution in [-0.4, -0.2) is 36.6 Å². The largest absolute Gasteiger partial charge is 0.313 e. The molecule has 0 aromatic carbocycles. The van der Waals surface area contributed by atoms with Gasteiger partial charge in [-0.15, -0.1) is 0 Å². The van der Waals surface area contributed by atoms with Crippen LogP contribution in [0.15, 0.2) is 0 Å². The molecule has 1 saturated heterocycles. The zero-order valence-corrected chi connectivity index (χ0v) is 12.7. The zero-order valence-electron chi connectivity index (χ0n) is 12.7. The average Bonchev–Trinajstić information content (AvgIpc) is 2.41. The predicted molar refractivity (Wildman–Crippen MR) is 78.9 cm³/mol. The van der Waals surface area contributed by atoms with Gasteiger partial charge in [-0.25, -0.2) is 0 Å². The van der Waals surface area contributed by atoms with Gasteiger partial charge in [0.25, 0.3) is 0 Å². The fraction of sp³-hybridized carbons (Fsp3) is 1.00. The molecule has 2 fully saturated rings. The summed E-state index contributed by atoms with van der Waals surface area (Å²) in [5.41, 5.74) is 0.624. The van der Waals surface area contributed by atoms with Gasteiger partial charge in [0.05, 0.1) is 0 Å². The van der Waals surface area contributed by atoms with Gasteiger partial charge in [-0.1, -0.05) is 40.0 Å². The van der Waals surface area contributed by atoms with Gasteiger partial charge in [0, 0.05) is 12.1 Å². The van der Waals surface area contributed by atoms with Crippen LogP contribution in [0.5, 0.6) is 0 Å². The second-order valence-electron chi connectivity index (χ2n) is 6.72. The first-order valence-corrected chi connectivity index (χ1v) is 8.16. The Morgan fingerprint density at radius 3 is 2.39 bits per heavy atom. The Labute approximate surface area is 114 Å². The number of nitrogens with zero attached hydrogens (tertiary/aromatic N) is 1. The minimum atomic E-state index is 0.624. The summed E-state index contributed by atoms with van der Waals surface area (Å²) in [6.07, 6.45) is 9.82. The molecule has 1 aliphatic heterocycles. The number of hydrogen-bond acceptors (Lipinski definition) is 2. The maximum Gasteiger partial charge on any atom is 0.0249 e. The Hall–Kier alpha value is -0.0800. The van der Waals surface area contributed by atoms with E-state index in [4.69, 9.17) is 0 Å². The molecule has 0 radical (unpaired) electrons. The number of likely N-dealkylation sites (tertiary alicyclic amines) is 1. The maximum atomic E-state index is 3.72. The monoisotopic (exact) mass is 252 g/mol. The predicted octanol–water partition coefficient (Wildman–Crippen LogP) is 3.42. The summed E-state index contributed by atoms with van der Waals surface area (Å²) >= 11 is 0. The fourth-order valence-corrected chi connectivity index (χ4v) is 3.80. The van der Waals surface area contributed by atoms with Crippen molar-refractivity contribution in [1.29, 1.82) is 0 Å². The highest BCUT2D eigenvalue weighted by atomic mass is 15.2. The molecule has 1 aliphatic carbocycles. The number of hydrogen-bond donors (Lipinski definition) is 1. The van der Waals surface area contributed by atoms with E-state index in [2.05, 4.69) is 31.0 Å². The zero-order chi connectivity index (χ0) is 13.0. The molecule has 0 aromatic rings. The van der Waals surface area contributed by atoms with E-state index in [1.807, 2.05) is 0 Å². The second-order valence-corrected chi connectivity index (χ2v) is 6.72. The molecule has 2 heteroatoms. The number of nitrogens with one attached hydrogen (secondary N) is 1. The van der Waals surface area contributed by atoms with Crippen molar-refractivity contribution in [2.45, 2.75) is 77.8 Å². The highest BCUT2D eigenvalue weighted by Crippen LogP contribution is 2.36. The molecule has 2 nitrogen and oxygen atoms in total. The molecule has 1 heterocycles. The second kappa shape index (κ2) is 6.38. The summed E-state index contributed by atoms with van der Waals surface area (Å²) in [6, 6.07) is 1.58. The Balaban J connectivity index is 1.90. The highest BCUT2D eigenvalue weighted by molar-refractivity contribution is 4.91. The Kier molecular flexibility index (Phi) is 5.08. The van der Waals surface area contributed by atoms with E-state index in [0.29, 0.717) is 5.41 Å². The molecule has 2 atom stereocenters. The smallest absolute Gasteiger partial charge is 0.0249 e. The molecule has 0 bridgehead atoms. The van der Waals surface area contributed by atoms with E-state index in [0.717, 1.165) is 18.6 Å². The van der Waals surface area contributed by atoms with E-state index in [-0.39, 0.29) is 0 Å². The highest BCUT2D eigenvalue weighted by Gasteiger charge is 2.35. The Morgan fingerprint density at radius 1 is 1.11 bits per heavy atom. The van der Waals surface area contributed by atoms with Crippen molar-refractivity contribution >= 4 is 0 Å². The molecule has 0 amide bonds. The molecule has 2 unspecified atom stereocenters. The summed E-state index contributed by atoms with van der Waals surface area (Å²) in [7, 11) is 0. The lowest BCUT2D eigenvalue weighted by Gasteiger charge is -2.46. The van der Waals surface area contributed by atoms with Crippen LogP contribution in [0.3, 0.4) is 0 Å². The lowest BCUT2D eigenvalue weighted by molar-refractivity contribution is 0.0499. The quantitative estimate of drug-likeness (QED) is 0.825. The van der Waals surface area contributed by atoms with Crippen LogP contribution in [-0.2, 0) is 0 Å². The van der Waals surface area contributed by atoms with Gasteiger partial charge in [0.15, 0.2) is 0 Å². The van der Waals surface area contributed by atoms with Gasteiger partial charge >= 0.3 is 0 Å². The maximum absolute atomic E-state index is 3.72. The minimum Gasteiger partial charge on any atom is -0.313 e. The van der Waals surface area contributed by atoms with Crippen LogP contribution >= 0.6 is 0 Å². The average molecular weight is 252 g/mol. The lowest BCUT2D eigenvalue weighted by atomic mass is 9.77. The van der Waals surface area contributed by atoms with Gasteiger partial charge < -0.3 is 5.32 Å². The van der Waals surface area contributed by atoms with E-state index in [9.17, 15) is 0 Å². The van der Waals surface area contributed by atoms with Gasteiger partial charge in [-0.05, 0) is 50.7 Å². The molecule has 1 saturated carbocycles. The summed E-state index contributed by atoms with van der Waals surface area (Å²) in [5.74, 6) is 0. The van der Waals surface area contributed by atoms with Crippen molar-refractivity contribution in [3.05, 3.63) is 0 Å². The van der Waals surface area contributed by atoms with E-state index < -0.39 is 0 Å². The summed E-state index contributed by atoms with van der Waals surface area (Å²) < 4.78 is 0. The lowest BCUT2D eigenvalue weighted by Crippen LogP contribution is -2.54. The normalized spacial score (nSPS) is 33.5. The summed E-state index contributed by atoms with van der Waals surface area (Å²) in [4.78, 5) is 2.80.